The number of aromatic nitrogens is 1. The van der Waals surface area contributed by atoms with Crippen LogP contribution in [0.25, 0.3) is 72.0 Å². The van der Waals surface area contributed by atoms with Crippen LogP contribution in [-0.2, 0) is 10.8 Å². The molecule has 0 bridgehead atoms. The minimum atomic E-state index is -0.0841. The summed E-state index contributed by atoms with van der Waals surface area (Å²) in [6, 6.07) is 77.6. The molecule has 1 aromatic heterocycles. The van der Waals surface area contributed by atoms with Crippen molar-refractivity contribution in [1.82, 2.24) is 4.57 Å². The number of anilines is 3. The second-order valence-corrected chi connectivity index (χ2v) is 19.8. The lowest BCUT2D eigenvalue weighted by atomic mass is 9.71. The quantitative estimate of drug-likeness (QED) is 0.119. The van der Waals surface area contributed by atoms with Crippen LogP contribution in [0.5, 0.6) is 0 Å². The summed E-state index contributed by atoms with van der Waals surface area (Å²) in [5, 5.41) is 2.55. The molecule has 68 heavy (non-hydrogen) atoms. The van der Waals surface area contributed by atoms with Crippen molar-refractivity contribution in [1.29, 1.82) is 0 Å². The molecule has 0 unspecified atom stereocenters. The molecule has 0 radical (unpaired) electrons. The van der Waals surface area contributed by atoms with Gasteiger partial charge in [0.15, 0.2) is 0 Å². The van der Waals surface area contributed by atoms with Crippen molar-refractivity contribution in [2.75, 3.05) is 4.90 Å². The monoisotopic (exact) mass is 878 g/mol. The van der Waals surface area contributed by atoms with E-state index in [4.69, 9.17) is 0 Å². The topological polar surface area (TPSA) is 8.17 Å². The summed E-state index contributed by atoms with van der Waals surface area (Å²) in [5.41, 5.74) is 23.2. The van der Waals surface area contributed by atoms with E-state index in [1.807, 2.05) is 0 Å². The van der Waals surface area contributed by atoms with Crippen molar-refractivity contribution in [2.24, 2.45) is 0 Å². The highest BCUT2D eigenvalue weighted by Crippen LogP contribution is 2.58. The summed E-state index contributed by atoms with van der Waals surface area (Å²) < 4.78 is 2.47. The van der Waals surface area contributed by atoms with Gasteiger partial charge in [-0.05, 0) is 141 Å². The number of fused-ring (bicyclic) bond motifs is 9. The van der Waals surface area contributed by atoms with Crippen molar-refractivity contribution in [2.45, 2.75) is 77.0 Å². The van der Waals surface area contributed by atoms with E-state index < -0.39 is 0 Å². The van der Waals surface area contributed by atoms with Gasteiger partial charge in [0.25, 0.3) is 0 Å². The Bertz CT molecular complexity index is 3470. The Morgan fingerprint density at radius 1 is 0.412 bits per heavy atom. The molecule has 332 valence electrons. The van der Waals surface area contributed by atoms with Gasteiger partial charge in [-0.1, -0.05) is 193 Å². The Hall–Kier alpha value is -7.42. The molecule has 9 aromatic carbocycles. The van der Waals surface area contributed by atoms with Crippen molar-refractivity contribution in [3.05, 3.63) is 229 Å². The van der Waals surface area contributed by atoms with Crippen LogP contribution in [0, 0.1) is 0 Å². The van der Waals surface area contributed by atoms with Crippen LogP contribution in [0.15, 0.2) is 206 Å². The van der Waals surface area contributed by atoms with Gasteiger partial charge in [-0.25, -0.2) is 0 Å². The molecular weight excluding hydrogens is 821 g/mol. The van der Waals surface area contributed by atoms with Crippen molar-refractivity contribution >= 4 is 38.9 Å². The first-order valence-corrected chi connectivity index (χ1v) is 25.0. The molecular formula is C66H58N2. The molecule has 1 heterocycles. The smallest absolute Gasteiger partial charge is 0.0544 e. The number of para-hydroxylation sites is 1. The number of hydrogen-bond donors (Lipinski definition) is 0. The standard InChI is InChI=1S/C66H58N2/c1-5-7-40-66(41-8-6-2)58-27-18-16-25-53(58)64-59(66)28-19-29-62(64)67(50-35-30-46(31-36-50)45-20-11-9-12-21-45)51-37-32-47(33-38-51)48-34-39-61-55(42-48)56-43-54-52-24-15-17-26-57(52)65(3,4)60(54)44-63(56)68(61)49-22-13-10-14-23-49/h9-39,42-44H,5-8,40-41H2,1-4H3. The van der Waals surface area contributed by atoms with Gasteiger partial charge in [-0.2, -0.15) is 0 Å². The molecule has 2 heteroatoms. The second-order valence-electron chi connectivity index (χ2n) is 19.8. The predicted octanol–water partition coefficient (Wildman–Crippen LogP) is 18.5. The first-order chi connectivity index (χ1) is 33.4. The largest absolute Gasteiger partial charge is 0.310 e. The maximum absolute atomic E-state index is 2.51. The Morgan fingerprint density at radius 3 is 1.63 bits per heavy atom. The maximum Gasteiger partial charge on any atom is 0.0544 e. The van der Waals surface area contributed by atoms with E-state index in [9.17, 15) is 0 Å². The third-order valence-corrected chi connectivity index (χ3v) is 15.6. The molecule has 0 spiro atoms. The number of unbranched alkanes of at least 4 members (excludes halogenated alkanes) is 2. The van der Waals surface area contributed by atoms with Crippen molar-refractivity contribution in [3.8, 4) is 50.2 Å². The van der Waals surface area contributed by atoms with Crippen molar-refractivity contribution < 1.29 is 0 Å². The summed E-state index contributed by atoms with van der Waals surface area (Å²) in [6.45, 7) is 9.42. The van der Waals surface area contributed by atoms with Crippen LogP contribution in [0.3, 0.4) is 0 Å². The summed E-state index contributed by atoms with van der Waals surface area (Å²) in [4.78, 5) is 2.51. The zero-order valence-electron chi connectivity index (χ0n) is 39.8. The van der Waals surface area contributed by atoms with E-state index in [2.05, 4.69) is 243 Å². The van der Waals surface area contributed by atoms with Crippen LogP contribution >= 0.6 is 0 Å². The van der Waals surface area contributed by atoms with Gasteiger partial charge in [0.05, 0.1) is 16.7 Å². The molecule has 0 aliphatic heterocycles. The fourth-order valence-electron chi connectivity index (χ4n) is 12.2. The minimum Gasteiger partial charge on any atom is -0.310 e. The normalized spacial score (nSPS) is 13.9. The molecule has 2 aliphatic rings. The highest BCUT2D eigenvalue weighted by atomic mass is 15.1. The molecule has 2 aliphatic carbocycles. The lowest BCUT2D eigenvalue weighted by molar-refractivity contribution is 0.414. The SMILES string of the molecule is CCCCC1(CCCC)c2ccccc2-c2c(N(c3ccc(-c4ccccc4)cc3)c3ccc(-c4ccc5c(c4)c4cc6c(cc4n5-c4ccccc4)C(C)(C)c4ccccc4-6)cc3)cccc21. The second kappa shape index (κ2) is 16.7. The first-order valence-electron chi connectivity index (χ1n) is 25.0. The minimum absolute atomic E-state index is 0.00258. The maximum atomic E-state index is 2.51. The predicted molar refractivity (Wildman–Crippen MR) is 289 cm³/mol. The van der Waals surface area contributed by atoms with Crippen LogP contribution in [0.4, 0.5) is 17.1 Å². The van der Waals surface area contributed by atoms with E-state index in [1.54, 1.807) is 0 Å². The Kier molecular flexibility index (Phi) is 10.3. The summed E-state index contributed by atoms with van der Waals surface area (Å²) in [5.74, 6) is 0. The van der Waals surface area contributed by atoms with E-state index in [1.165, 1.54) is 138 Å². The van der Waals surface area contributed by atoms with E-state index in [-0.39, 0.29) is 10.8 Å². The molecule has 0 N–H and O–H groups in total. The fourth-order valence-corrected chi connectivity index (χ4v) is 12.2. The first kappa shape index (κ1) is 42.0. The summed E-state index contributed by atoms with van der Waals surface area (Å²) in [7, 11) is 0. The Balaban J connectivity index is 1.01. The molecule has 0 amide bonds. The summed E-state index contributed by atoms with van der Waals surface area (Å²) >= 11 is 0. The Morgan fingerprint density at radius 2 is 0.956 bits per heavy atom. The summed E-state index contributed by atoms with van der Waals surface area (Å²) in [6.07, 6.45) is 7.13. The molecule has 2 nitrogen and oxygen atoms in total. The van der Waals surface area contributed by atoms with Crippen LogP contribution in [-0.4, -0.2) is 4.57 Å². The number of rotatable bonds is 12. The van der Waals surface area contributed by atoms with Crippen LogP contribution in [0.1, 0.15) is 88.5 Å². The van der Waals surface area contributed by atoms with Crippen molar-refractivity contribution in [3.63, 3.8) is 0 Å². The van der Waals surface area contributed by atoms with Crippen LogP contribution < -0.4 is 4.90 Å². The third-order valence-electron chi connectivity index (χ3n) is 15.6. The van der Waals surface area contributed by atoms with Gasteiger partial charge in [-0.15, -0.1) is 0 Å². The number of hydrogen-bond acceptors (Lipinski definition) is 1. The van der Waals surface area contributed by atoms with Gasteiger partial charge in [0.2, 0.25) is 0 Å². The average Bonchev–Trinajstić information content (AvgIpc) is 3.95. The zero-order chi connectivity index (χ0) is 46.0. The molecule has 0 fully saturated rings. The Labute approximate surface area is 402 Å². The van der Waals surface area contributed by atoms with E-state index in [0.29, 0.717) is 0 Å². The molecule has 10 aromatic rings. The van der Waals surface area contributed by atoms with Gasteiger partial charge in [0.1, 0.15) is 0 Å². The number of benzene rings is 9. The van der Waals surface area contributed by atoms with E-state index in [0.717, 1.165) is 11.4 Å². The van der Waals surface area contributed by atoms with Gasteiger partial charge >= 0.3 is 0 Å². The third kappa shape index (κ3) is 6.60. The van der Waals surface area contributed by atoms with Gasteiger partial charge in [0, 0.05) is 44.2 Å². The van der Waals surface area contributed by atoms with Crippen LogP contribution in [0.2, 0.25) is 0 Å². The van der Waals surface area contributed by atoms with E-state index >= 15 is 0 Å². The average molecular weight is 879 g/mol. The lowest BCUT2D eigenvalue weighted by Crippen LogP contribution is -2.25. The lowest BCUT2D eigenvalue weighted by Gasteiger charge is -2.33. The number of nitrogens with zero attached hydrogens (tertiary/aromatic N) is 2. The zero-order valence-corrected chi connectivity index (χ0v) is 39.8. The highest BCUT2D eigenvalue weighted by molar-refractivity contribution is 6.13. The molecule has 0 saturated carbocycles. The van der Waals surface area contributed by atoms with Gasteiger partial charge in [-0.3, -0.25) is 0 Å². The molecule has 0 atom stereocenters. The van der Waals surface area contributed by atoms with Gasteiger partial charge < -0.3 is 9.47 Å². The molecule has 12 rings (SSSR count). The highest BCUT2D eigenvalue weighted by Gasteiger charge is 2.44. The molecule has 0 saturated heterocycles. The fraction of sp³-hybridized carbons (Fsp3) is 0.182.